The Morgan fingerprint density at radius 3 is 2.59 bits per heavy atom. The fraction of sp³-hybridized carbons (Fsp3) is 0.250. The molecule has 0 bridgehead atoms. The maximum absolute atomic E-state index is 5.72. The number of benzene rings is 1. The summed E-state index contributed by atoms with van der Waals surface area (Å²) in [4.78, 5) is 0. The van der Waals surface area contributed by atoms with Crippen molar-refractivity contribution in [2.45, 2.75) is 13.3 Å². The van der Waals surface area contributed by atoms with Crippen molar-refractivity contribution in [1.82, 2.24) is 0 Å². The van der Waals surface area contributed by atoms with Crippen molar-refractivity contribution < 1.29 is 9.47 Å². The maximum atomic E-state index is 5.72. The lowest BCUT2D eigenvalue weighted by Crippen LogP contribution is -2.21. The van der Waals surface area contributed by atoms with Crippen LogP contribution in [0.15, 0.2) is 47.6 Å². The van der Waals surface area contributed by atoms with Gasteiger partial charge in [-0.3, -0.25) is 0 Å². The first kappa shape index (κ1) is 17.3. The van der Waals surface area contributed by atoms with Crippen molar-refractivity contribution in [3.05, 3.63) is 48.6 Å². The normalized spacial score (nSPS) is 10.2. The van der Waals surface area contributed by atoms with Gasteiger partial charge in [-0.05, 0) is 31.0 Å². The van der Waals surface area contributed by atoms with E-state index in [1.807, 2.05) is 19.1 Å². The van der Waals surface area contributed by atoms with E-state index in [1.165, 1.54) is 0 Å². The Hall–Kier alpha value is -2.76. The standard InChI is InChI=1S/C16H22N4O2/c1-4-7-13-9-12(11-19-20-16(17)18)10-14(21-6-3)15(13)22-8-5-2/h4-5,9-11H,1-2,6-8H2,3H3,(H4,17,18,20). The Morgan fingerprint density at radius 2 is 2.00 bits per heavy atom. The van der Waals surface area contributed by atoms with Crippen molar-refractivity contribution in [2.24, 2.45) is 21.7 Å². The van der Waals surface area contributed by atoms with Crippen LogP contribution in [0, 0.1) is 0 Å². The van der Waals surface area contributed by atoms with Crippen LogP contribution < -0.4 is 20.9 Å². The van der Waals surface area contributed by atoms with E-state index in [0.29, 0.717) is 31.1 Å². The summed E-state index contributed by atoms with van der Waals surface area (Å²) in [6.45, 7) is 10.2. The highest BCUT2D eigenvalue weighted by atomic mass is 16.5. The molecule has 0 aliphatic heterocycles. The van der Waals surface area contributed by atoms with Gasteiger partial charge in [-0.25, -0.2) is 0 Å². The molecule has 0 unspecified atom stereocenters. The van der Waals surface area contributed by atoms with E-state index in [2.05, 4.69) is 23.4 Å². The molecule has 6 nitrogen and oxygen atoms in total. The van der Waals surface area contributed by atoms with Crippen molar-refractivity contribution in [3.8, 4) is 11.5 Å². The van der Waals surface area contributed by atoms with E-state index in [-0.39, 0.29) is 5.96 Å². The Morgan fingerprint density at radius 1 is 1.23 bits per heavy atom. The molecule has 0 aromatic heterocycles. The van der Waals surface area contributed by atoms with Gasteiger partial charge in [0.05, 0.1) is 12.8 Å². The van der Waals surface area contributed by atoms with Gasteiger partial charge in [-0.2, -0.15) is 5.10 Å². The molecule has 0 saturated carbocycles. The average Bonchev–Trinajstić information content (AvgIpc) is 2.47. The number of rotatable bonds is 9. The zero-order valence-electron chi connectivity index (χ0n) is 12.8. The number of allylic oxidation sites excluding steroid dienone is 1. The van der Waals surface area contributed by atoms with Gasteiger partial charge in [0.15, 0.2) is 11.5 Å². The summed E-state index contributed by atoms with van der Waals surface area (Å²) < 4.78 is 11.4. The number of ether oxygens (including phenoxy) is 2. The molecule has 0 atom stereocenters. The zero-order valence-corrected chi connectivity index (χ0v) is 12.8. The molecule has 1 rings (SSSR count). The molecule has 6 heteroatoms. The quantitative estimate of drug-likeness (QED) is 0.315. The smallest absolute Gasteiger partial charge is 0.211 e. The first-order valence-corrected chi connectivity index (χ1v) is 6.88. The highest BCUT2D eigenvalue weighted by Gasteiger charge is 2.12. The largest absolute Gasteiger partial charge is 0.490 e. The third-order valence-corrected chi connectivity index (χ3v) is 2.54. The van der Waals surface area contributed by atoms with E-state index >= 15 is 0 Å². The molecule has 0 aliphatic rings. The summed E-state index contributed by atoms with van der Waals surface area (Å²) in [6, 6.07) is 3.74. The number of nitrogens with zero attached hydrogens (tertiary/aromatic N) is 2. The predicted octanol–water partition coefficient (Wildman–Crippen LogP) is 1.99. The van der Waals surface area contributed by atoms with E-state index in [0.717, 1.165) is 11.1 Å². The van der Waals surface area contributed by atoms with Crippen LogP contribution in [-0.4, -0.2) is 25.4 Å². The Labute approximate surface area is 130 Å². The summed E-state index contributed by atoms with van der Waals surface area (Å²) in [7, 11) is 0. The van der Waals surface area contributed by atoms with E-state index in [9.17, 15) is 0 Å². The van der Waals surface area contributed by atoms with E-state index in [1.54, 1.807) is 18.4 Å². The van der Waals surface area contributed by atoms with Gasteiger partial charge in [-0.15, -0.1) is 11.7 Å². The molecule has 1 aromatic carbocycles. The highest BCUT2D eigenvalue weighted by molar-refractivity contribution is 5.83. The van der Waals surface area contributed by atoms with Crippen LogP contribution in [0.1, 0.15) is 18.1 Å². The van der Waals surface area contributed by atoms with Crippen LogP contribution in [0.2, 0.25) is 0 Å². The molecule has 0 heterocycles. The predicted molar refractivity (Wildman–Crippen MR) is 90.6 cm³/mol. The third-order valence-electron chi connectivity index (χ3n) is 2.54. The lowest BCUT2D eigenvalue weighted by molar-refractivity contribution is 0.295. The third kappa shape index (κ3) is 5.32. The van der Waals surface area contributed by atoms with Gasteiger partial charge in [0.25, 0.3) is 0 Å². The minimum Gasteiger partial charge on any atom is -0.490 e. The summed E-state index contributed by atoms with van der Waals surface area (Å²) in [6.07, 6.45) is 5.66. The molecule has 118 valence electrons. The first-order chi connectivity index (χ1) is 10.6. The second-order valence-electron chi connectivity index (χ2n) is 4.30. The Bertz CT molecular complexity index is 576. The topological polar surface area (TPSA) is 95.2 Å². The van der Waals surface area contributed by atoms with Crippen LogP contribution in [0.25, 0.3) is 0 Å². The molecule has 22 heavy (non-hydrogen) atoms. The molecule has 0 fully saturated rings. The van der Waals surface area contributed by atoms with Gasteiger partial charge >= 0.3 is 0 Å². The second kappa shape index (κ2) is 9.23. The fourth-order valence-electron chi connectivity index (χ4n) is 1.80. The molecule has 0 amide bonds. The van der Waals surface area contributed by atoms with Crippen LogP contribution >= 0.6 is 0 Å². The molecular weight excluding hydrogens is 280 g/mol. The zero-order chi connectivity index (χ0) is 16.4. The van der Waals surface area contributed by atoms with E-state index in [4.69, 9.17) is 20.9 Å². The van der Waals surface area contributed by atoms with Gasteiger partial charge in [0.1, 0.15) is 6.61 Å². The number of guanidine groups is 1. The van der Waals surface area contributed by atoms with Crippen LogP contribution in [0.4, 0.5) is 0 Å². The summed E-state index contributed by atoms with van der Waals surface area (Å²) >= 11 is 0. The lowest BCUT2D eigenvalue weighted by Gasteiger charge is -2.15. The Kier molecular flexibility index (Phi) is 7.25. The number of hydrogen-bond acceptors (Lipinski definition) is 4. The van der Waals surface area contributed by atoms with Gasteiger partial charge in [0, 0.05) is 5.56 Å². The molecule has 1 aromatic rings. The minimum absolute atomic E-state index is 0.0986. The van der Waals surface area contributed by atoms with Gasteiger partial charge < -0.3 is 20.9 Å². The Balaban J connectivity index is 3.25. The number of hydrogen-bond donors (Lipinski definition) is 2. The molecule has 0 aliphatic carbocycles. The molecule has 0 saturated heterocycles. The van der Waals surface area contributed by atoms with E-state index < -0.39 is 0 Å². The van der Waals surface area contributed by atoms with Crippen molar-refractivity contribution >= 4 is 12.2 Å². The van der Waals surface area contributed by atoms with Crippen molar-refractivity contribution in [2.75, 3.05) is 13.2 Å². The van der Waals surface area contributed by atoms with Crippen molar-refractivity contribution in [1.29, 1.82) is 0 Å². The number of nitrogens with two attached hydrogens (primary N) is 2. The molecular formula is C16H22N4O2. The highest BCUT2D eigenvalue weighted by Crippen LogP contribution is 2.33. The summed E-state index contributed by atoms with van der Waals surface area (Å²) in [5.41, 5.74) is 12.2. The molecule has 0 radical (unpaired) electrons. The second-order valence-corrected chi connectivity index (χ2v) is 4.30. The SMILES string of the molecule is C=CCOc1c(CC=C)cc(C=NN=C(N)N)cc1OCC. The fourth-order valence-corrected chi connectivity index (χ4v) is 1.80. The van der Waals surface area contributed by atoms with Crippen molar-refractivity contribution in [3.63, 3.8) is 0 Å². The van der Waals surface area contributed by atoms with Crippen LogP contribution in [0.3, 0.4) is 0 Å². The summed E-state index contributed by atoms with van der Waals surface area (Å²) in [5.74, 6) is 1.22. The van der Waals surface area contributed by atoms with Crippen LogP contribution in [-0.2, 0) is 6.42 Å². The summed E-state index contributed by atoms with van der Waals surface area (Å²) in [5, 5.41) is 7.39. The first-order valence-electron chi connectivity index (χ1n) is 6.88. The monoisotopic (exact) mass is 302 g/mol. The molecule has 4 N–H and O–H groups in total. The van der Waals surface area contributed by atoms with Crippen LogP contribution in [0.5, 0.6) is 11.5 Å². The lowest BCUT2D eigenvalue weighted by atomic mass is 10.1. The minimum atomic E-state index is -0.0986. The maximum Gasteiger partial charge on any atom is 0.211 e. The average molecular weight is 302 g/mol. The van der Waals surface area contributed by atoms with Gasteiger partial charge in [0.2, 0.25) is 5.96 Å². The van der Waals surface area contributed by atoms with Gasteiger partial charge in [-0.1, -0.05) is 18.7 Å². The molecule has 0 spiro atoms.